The van der Waals surface area contributed by atoms with E-state index in [0.29, 0.717) is 6.42 Å². The lowest BCUT2D eigenvalue weighted by Gasteiger charge is -2.13. The zero-order valence-electron chi connectivity index (χ0n) is 7.65. The molecule has 7 heteroatoms. The lowest BCUT2D eigenvalue weighted by Crippen LogP contribution is -2.48. The van der Waals surface area contributed by atoms with Gasteiger partial charge in [0.2, 0.25) is 0 Å². The van der Waals surface area contributed by atoms with Gasteiger partial charge in [-0.15, -0.1) is 6.58 Å². The number of hydrogen-bond acceptors (Lipinski definition) is 4. The van der Waals surface area contributed by atoms with Crippen molar-refractivity contribution in [2.45, 2.75) is 12.0 Å². The van der Waals surface area contributed by atoms with Crippen molar-refractivity contribution >= 4 is 16.2 Å². The Hall–Kier alpha value is -0.920. The van der Waals surface area contributed by atoms with Crippen LogP contribution in [0.25, 0.3) is 0 Å². The molecular formula is C7H12N2O4S. The summed E-state index contributed by atoms with van der Waals surface area (Å²) >= 11 is 0. The first-order valence-electron chi connectivity index (χ1n) is 3.97. The summed E-state index contributed by atoms with van der Waals surface area (Å²) in [6.45, 7) is 3.51. The average Bonchev–Trinajstić information content (AvgIpc) is 2.76. The Bertz CT molecular complexity index is 364. The first-order chi connectivity index (χ1) is 6.35. The molecule has 1 rings (SSSR count). The first kappa shape index (κ1) is 11.2. The van der Waals surface area contributed by atoms with Gasteiger partial charge in [0.25, 0.3) is 5.91 Å². The number of carbonyl (C=O) groups is 1. The second kappa shape index (κ2) is 3.34. The van der Waals surface area contributed by atoms with Crippen LogP contribution < -0.4 is 10.0 Å². The molecule has 0 spiro atoms. The van der Waals surface area contributed by atoms with E-state index in [9.17, 15) is 13.2 Å². The van der Waals surface area contributed by atoms with Crippen molar-refractivity contribution in [3.05, 3.63) is 12.7 Å². The predicted octanol–water partition coefficient (Wildman–Crippen LogP) is -0.930. The van der Waals surface area contributed by atoms with Gasteiger partial charge in [0.1, 0.15) is 5.54 Å². The zero-order chi connectivity index (χ0) is 11.0. The molecule has 0 radical (unpaired) electrons. The SMILES string of the molecule is C=CC1CC1(NC)C(=O)NS(=O)(=O)O. The Labute approximate surface area is 82.3 Å². The van der Waals surface area contributed by atoms with Crippen LogP contribution in [0.1, 0.15) is 6.42 Å². The highest BCUT2D eigenvalue weighted by molar-refractivity contribution is 7.84. The van der Waals surface area contributed by atoms with Gasteiger partial charge in [-0.1, -0.05) is 6.08 Å². The number of amides is 1. The van der Waals surface area contributed by atoms with Crippen LogP contribution in [0.2, 0.25) is 0 Å². The smallest absolute Gasteiger partial charge is 0.306 e. The molecular weight excluding hydrogens is 208 g/mol. The molecule has 0 bridgehead atoms. The van der Waals surface area contributed by atoms with Gasteiger partial charge in [-0.3, -0.25) is 9.35 Å². The molecule has 3 N–H and O–H groups in total. The van der Waals surface area contributed by atoms with Crippen LogP contribution in [0, 0.1) is 5.92 Å². The minimum absolute atomic E-state index is 0.103. The average molecular weight is 220 g/mol. The number of hydrogen-bond donors (Lipinski definition) is 3. The molecule has 0 heterocycles. The Morgan fingerprint density at radius 3 is 2.57 bits per heavy atom. The summed E-state index contributed by atoms with van der Waals surface area (Å²) < 4.78 is 30.7. The van der Waals surface area contributed by atoms with E-state index < -0.39 is 21.8 Å². The largest absolute Gasteiger partial charge is 0.359 e. The maximum absolute atomic E-state index is 11.4. The second-order valence-electron chi connectivity index (χ2n) is 3.17. The van der Waals surface area contributed by atoms with Crippen molar-refractivity contribution in [3.8, 4) is 0 Å². The number of carbonyl (C=O) groups excluding carboxylic acids is 1. The lowest BCUT2D eigenvalue weighted by atomic mass is 10.2. The summed E-state index contributed by atoms with van der Waals surface area (Å²) in [5.74, 6) is -0.860. The monoisotopic (exact) mass is 220 g/mol. The van der Waals surface area contributed by atoms with E-state index in [1.165, 1.54) is 4.72 Å². The number of rotatable bonds is 4. The van der Waals surface area contributed by atoms with Crippen molar-refractivity contribution in [2.24, 2.45) is 5.92 Å². The fraction of sp³-hybridized carbons (Fsp3) is 0.571. The molecule has 80 valence electrons. The molecule has 1 fully saturated rings. The topological polar surface area (TPSA) is 95.5 Å². The van der Waals surface area contributed by atoms with Crippen molar-refractivity contribution in [2.75, 3.05) is 7.05 Å². The molecule has 2 atom stereocenters. The molecule has 1 amide bonds. The summed E-state index contributed by atoms with van der Waals surface area (Å²) in [6, 6.07) is 0. The molecule has 0 aromatic rings. The molecule has 2 unspecified atom stereocenters. The van der Waals surface area contributed by atoms with Gasteiger partial charge >= 0.3 is 10.3 Å². The Kier molecular flexibility index (Phi) is 2.66. The van der Waals surface area contributed by atoms with E-state index in [1.807, 2.05) is 0 Å². The summed E-state index contributed by atoms with van der Waals surface area (Å²) in [4.78, 5) is 11.4. The van der Waals surface area contributed by atoms with E-state index in [2.05, 4.69) is 11.9 Å². The van der Waals surface area contributed by atoms with Crippen LogP contribution in [-0.2, 0) is 15.1 Å². The summed E-state index contributed by atoms with van der Waals surface area (Å²) in [5, 5.41) is 2.72. The third-order valence-electron chi connectivity index (χ3n) is 2.37. The molecule has 1 aliphatic rings. The van der Waals surface area contributed by atoms with E-state index in [4.69, 9.17) is 4.55 Å². The highest BCUT2D eigenvalue weighted by Crippen LogP contribution is 2.44. The number of likely N-dealkylation sites (N-methyl/N-ethyl adjacent to an activating group) is 1. The van der Waals surface area contributed by atoms with E-state index in [-0.39, 0.29) is 5.92 Å². The molecule has 0 aromatic heterocycles. The third kappa shape index (κ3) is 1.94. The molecule has 14 heavy (non-hydrogen) atoms. The quantitative estimate of drug-likeness (QED) is 0.420. The normalized spacial score (nSPS) is 30.9. The fourth-order valence-electron chi connectivity index (χ4n) is 1.44. The lowest BCUT2D eigenvalue weighted by molar-refractivity contribution is -0.122. The van der Waals surface area contributed by atoms with E-state index >= 15 is 0 Å². The predicted molar refractivity (Wildman–Crippen MR) is 49.8 cm³/mol. The van der Waals surface area contributed by atoms with Gasteiger partial charge in [-0.05, 0) is 13.5 Å². The van der Waals surface area contributed by atoms with Gasteiger partial charge in [0.05, 0.1) is 0 Å². The molecule has 0 aliphatic heterocycles. The summed E-state index contributed by atoms with van der Waals surface area (Å²) in [6.07, 6.45) is 2.05. The van der Waals surface area contributed by atoms with Crippen LogP contribution in [0.4, 0.5) is 0 Å². The highest BCUT2D eigenvalue weighted by atomic mass is 32.2. The standard InChI is InChI=1S/C7H12N2O4S/c1-3-5-4-7(5,8-2)6(10)9-14(11,12)13/h3,5,8H,1,4H2,2H3,(H,9,10)(H,11,12,13). The van der Waals surface area contributed by atoms with Gasteiger partial charge < -0.3 is 5.32 Å². The van der Waals surface area contributed by atoms with Gasteiger partial charge in [0, 0.05) is 5.92 Å². The van der Waals surface area contributed by atoms with Crippen molar-refractivity contribution in [1.29, 1.82) is 0 Å². The van der Waals surface area contributed by atoms with Gasteiger partial charge in [-0.2, -0.15) is 8.42 Å². The van der Waals surface area contributed by atoms with E-state index in [1.54, 1.807) is 13.1 Å². The van der Waals surface area contributed by atoms with Crippen LogP contribution >= 0.6 is 0 Å². The summed E-state index contributed by atoms with van der Waals surface area (Å²) in [7, 11) is -2.93. The van der Waals surface area contributed by atoms with Crippen LogP contribution in [0.15, 0.2) is 12.7 Å². The second-order valence-corrected chi connectivity index (χ2v) is 4.33. The Morgan fingerprint density at radius 1 is 1.71 bits per heavy atom. The first-order valence-corrected chi connectivity index (χ1v) is 5.41. The molecule has 0 saturated heterocycles. The van der Waals surface area contributed by atoms with Crippen LogP contribution in [0.3, 0.4) is 0 Å². The zero-order valence-corrected chi connectivity index (χ0v) is 8.47. The van der Waals surface area contributed by atoms with Crippen LogP contribution in [-0.4, -0.2) is 31.5 Å². The fourth-order valence-corrected chi connectivity index (χ4v) is 1.86. The minimum Gasteiger partial charge on any atom is -0.306 e. The maximum Gasteiger partial charge on any atom is 0.359 e. The molecule has 1 aliphatic carbocycles. The van der Waals surface area contributed by atoms with Crippen LogP contribution in [0.5, 0.6) is 0 Å². The highest BCUT2D eigenvalue weighted by Gasteiger charge is 2.58. The molecule has 6 nitrogen and oxygen atoms in total. The Balaban J connectivity index is 2.75. The van der Waals surface area contributed by atoms with Crippen molar-refractivity contribution < 1.29 is 17.8 Å². The van der Waals surface area contributed by atoms with Crippen molar-refractivity contribution in [3.63, 3.8) is 0 Å². The molecule has 1 saturated carbocycles. The van der Waals surface area contributed by atoms with Gasteiger partial charge in [-0.25, -0.2) is 4.72 Å². The van der Waals surface area contributed by atoms with E-state index in [0.717, 1.165) is 0 Å². The number of nitrogens with one attached hydrogen (secondary N) is 2. The minimum atomic E-state index is -4.48. The Morgan fingerprint density at radius 2 is 2.29 bits per heavy atom. The summed E-state index contributed by atoms with van der Waals surface area (Å²) in [5.41, 5.74) is -0.933. The third-order valence-corrected chi connectivity index (χ3v) is 2.82. The maximum atomic E-state index is 11.4. The van der Waals surface area contributed by atoms with Crippen molar-refractivity contribution in [1.82, 2.24) is 10.0 Å². The van der Waals surface area contributed by atoms with Gasteiger partial charge in [0.15, 0.2) is 0 Å². The molecule has 0 aromatic carbocycles.